The van der Waals surface area contributed by atoms with Crippen LogP contribution < -0.4 is 10.5 Å². The molecule has 0 spiro atoms. The second-order valence-electron chi connectivity index (χ2n) is 4.20. The summed E-state index contributed by atoms with van der Waals surface area (Å²) in [6.07, 6.45) is 0. The van der Waals surface area contributed by atoms with Crippen LogP contribution in [-0.4, -0.2) is 8.42 Å². The van der Waals surface area contributed by atoms with E-state index in [0.717, 1.165) is 6.07 Å². The molecule has 0 amide bonds. The summed E-state index contributed by atoms with van der Waals surface area (Å²) in [7, 11) is -3.95. The van der Waals surface area contributed by atoms with Gasteiger partial charge in [-0.1, -0.05) is 17.7 Å². The number of rotatable bonds is 4. The lowest BCUT2D eigenvalue weighted by Crippen LogP contribution is -2.14. The second kappa shape index (κ2) is 6.31. The minimum atomic E-state index is -3.95. The second-order valence-corrected chi connectivity index (χ2v) is 7.11. The molecule has 21 heavy (non-hydrogen) atoms. The molecule has 112 valence electrons. The van der Waals surface area contributed by atoms with E-state index in [4.69, 9.17) is 17.3 Å². The van der Waals surface area contributed by atoms with Gasteiger partial charge < -0.3 is 5.73 Å². The molecule has 3 N–H and O–H groups in total. The minimum Gasteiger partial charge on any atom is -0.326 e. The van der Waals surface area contributed by atoms with Crippen LogP contribution in [0.5, 0.6) is 0 Å². The van der Waals surface area contributed by atoms with Crippen LogP contribution in [0, 0.1) is 5.82 Å². The first kappa shape index (κ1) is 16.2. The van der Waals surface area contributed by atoms with E-state index in [1.165, 1.54) is 24.3 Å². The normalized spacial score (nSPS) is 11.4. The van der Waals surface area contributed by atoms with E-state index in [0.29, 0.717) is 10.0 Å². The molecular weight excluding hydrogens is 383 g/mol. The third-order valence-corrected chi connectivity index (χ3v) is 5.23. The zero-order valence-electron chi connectivity index (χ0n) is 10.6. The first-order valence-electron chi connectivity index (χ1n) is 5.80. The Morgan fingerprint density at radius 3 is 2.62 bits per heavy atom. The molecule has 8 heteroatoms. The Bertz CT molecular complexity index is 784. The summed E-state index contributed by atoms with van der Waals surface area (Å²) >= 11 is 9.08. The summed E-state index contributed by atoms with van der Waals surface area (Å²) in [6.45, 7) is 0.184. The minimum absolute atomic E-state index is 0.0622. The molecule has 0 aromatic heterocycles. The zero-order chi connectivity index (χ0) is 15.6. The molecule has 0 bridgehead atoms. The SMILES string of the molecule is NCc1ccc(Cl)c(S(=O)(=O)Nc2cc(F)ccc2Br)c1. The van der Waals surface area contributed by atoms with Gasteiger partial charge in [0.2, 0.25) is 0 Å². The highest BCUT2D eigenvalue weighted by Crippen LogP contribution is 2.29. The highest BCUT2D eigenvalue weighted by molar-refractivity contribution is 9.10. The summed E-state index contributed by atoms with van der Waals surface area (Å²) in [5, 5.41) is 0.0622. The molecule has 0 fully saturated rings. The first-order chi connectivity index (χ1) is 9.83. The van der Waals surface area contributed by atoms with Gasteiger partial charge in [-0.05, 0) is 51.8 Å². The molecule has 0 saturated carbocycles. The smallest absolute Gasteiger partial charge is 0.263 e. The summed E-state index contributed by atoms with van der Waals surface area (Å²) in [6, 6.07) is 8.17. The molecule has 0 saturated heterocycles. The Labute approximate surface area is 135 Å². The largest absolute Gasteiger partial charge is 0.326 e. The van der Waals surface area contributed by atoms with Gasteiger partial charge in [0.25, 0.3) is 10.0 Å². The van der Waals surface area contributed by atoms with E-state index >= 15 is 0 Å². The van der Waals surface area contributed by atoms with E-state index in [9.17, 15) is 12.8 Å². The fourth-order valence-corrected chi connectivity index (χ4v) is 3.76. The number of nitrogens with two attached hydrogens (primary N) is 1. The summed E-state index contributed by atoms with van der Waals surface area (Å²) in [5.74, 6) is -0.558. The summed E-state index contributed by atoms with van der Waals surface area (Å²) < 4.78 is 40.7. The van der Waals surface area contributed by atoms with Crippen molar-refractivity contribution in [2.45, 2.75) is 11.4 Å². The van der Waals surface area contributed by atoms with Crippen LogP contribution in [0.15, 0.2) is 45.8 Å². The number of sulfonamides is 1. The molecule has 2 aromatic carbocycles. The lowest BCUT2D eigenvalue weighted by molar-refractivity contribution is 0.601. The van der Waals surface area contributed by atoms with Gasteiger partial charge in [-0.15, -0.1) is 0 Å². The maximum Gasteiger partial charge on any atom is 0.263 e. The molecule has 0 aliphatic rings. The van der Waals surface area contributed by atoms with Crippen LogP contribution in [0.4, 0.5) is 10.1 Å². The van der Waals surface area contributed by atoms with Crippen molar-refractivity contribution in [3.05, 3.63) is 57.3 Å². The number of halogens is 3. The van der Waals surface area contributed by atoms with E-state index in [-0.39, 0.29) is 22.2 Å². The van der Waals surface area contributed by atoms with Crippen LogP contribution >= 0.6 is 27.5 Å². The monoisotopic (exact) mass is 392 g/mol. The van der Waals surface area contributed by atoms with Crippen LogP contribution in [0.3, 0.4) is 0 Å². The van der Waals surface area contributed by atoms with Crippen molar-refractivity contribution >= 4 is 43.2 Å². The molecule has 4 nitrogen and oxygen atoms in total. The first-order valence-corrected chi connectivity index (χ1v) is 8.45. The number of anilines is 1. The maximum absolute atomic E-state index is 13.2. The molecular formula is C13H11BrClFN2O2S. The molecule has 2 aromatic rings. The van der Waals surface area contributed by atoms with Crippen molar-refractivity contribution in [1.29, 1.82) is 0 Å². The van der Waals surface area contributed by atoms with Crippen molar-refractivity contribution in [3.63, 3.8) is 0 Å². The fraction of sp³-hybridized carbons (Fsp3) is 0.0769. The summed E-state index contributed by atoms with van der Waals surface area (Å²) in [5.41, 5.74) is 6.20. The van der Waals surface area contributed by atoms with Crippen LogP contribution in [-0.2, 0) is 16.6 Å². The summed E-state index contributed by atoms with van der Waals surface area (Å²) in [4.78, 5) is -0.108. The quantitative estimate of drug-likeness (QED) is 0.835. The van der Waals surface area contributed by atoms with Gasteiger partial charge in [-0.2, -0.15) is 0 Å². The lowest BCUT2D eigenvalue weighted by atomic mass is 10.2. The average Bonchev–Trinajstić information content (AvgIpc) is 2.43. The standard InChI is InChI=1S/C13H11BrClFN2O2S/c14-10-3-2-9(16)6-12(10)18-21(19,20)13-5-8(7-17)1-4-11(13)15/h1-6,18H,7,17H2. The van der Waals surface area contributed by atoms with Crippen LogP contribution in [0.2, 0.25) is 5.02 Å². The fourth-order valence-electron chi connectivity index (χ4n) is 1.66. The van der Waals surface area contributed by atoms with Gasteiger partial charge >= 0.3 is 0 Å². The number of benzene rings is 2. The molecule has 0 unspecified atom stereocenters. The predicted octanol–water partition coefficient (Wildman–Crippen LogP) is 3.50. The van der Waals surface area contributed by atoms with E-state index in [1.54, 1.807) is 6.07 Å². The van der Waals surface area contributed by atoms with Gasteiger partial charge in [0.15, 0.2) is 0 Å². The Morgan fingerprint density at radius 2 is 1.95 bits per heavy atom. The van der Waals surface area contributed by atoms with Crippen LogP contribution in [0.25, 0.3) is 0 Å². The predicted molar refractivity (Wildman–Crippen MR) is 84.3 cm³/mol. The number of hydrogen-bond donors (Lipinski definition) is 2. The Hall–Kier alpha value is -1.15. The molecule has 0 aliphatic heterocycles. The Balaban J connectivity index is 2.45. The van der Waals surface area contributed by atoms with E-state index in [2.05, 4.69) is 20.7 Å². The topological polar surface area (TPSA) is 72.2 Å². The highest BCUT2D eigenvalue weighted by Gasteiger charge is 2.20. The average molecular weight is 394 g/mol. The highest BCUT2D eigenvalue weighted by atomic mass is 79.9. The number of nitrogens with one attached hydrogen (secondary N) is 1. The molecule has 0 atom stereocenters. The van der Waals surface area contributed by atoms with Gasteiger partial charge in [0.1, 0.15) is 10.7 Å². The third-order valence-electron chi connectivity index (χ3n) is 2.69. The molecule has 0 heterocycles. The van der Waals surface area contributed by atoms with Gasteiger partial charge in [0, 0.05) is 11.0 Å². The number of hydrogen-bond acceptors (Lipinski definition) is 3. The van der Waals surface area contributed by atoms with Crippen LogP contribution in [0.1, 0.15) is 5.56 Å². The van der Waals surface area contributed by atoms with Gasteiger partial charge in [-0.25, -0.2) is 12.8 Å². The van der Waals surface area contributed by atoms with Crippen molar-refractivity contribution in [2.75, 3.05) is 4.72 Å². The molecule has 2 rings (SSSR count). The van der Waals surface area contributed by atoms with Gasteiger partial charge in [0.05, 0.1) is 10.7 Å². The van der Waals surface area contributed by atoms with Crippen molar-refractivity contribution < 1.29 is 12.8 Å². The lowest BCUT2D eigenvalue weighted by Gasteiger charge is -2.12. The van der Waals surface area contributed by atoms with Crippen molar-refractivity contribution in [1.82, 2.24) is 0 Å². The Morgan fingerprint density at radius 1 is 1.24 bits per heavy atom. The molecule has 0 radical (unpaired) electrons. The van der Waals surface area contributed by atoms with Gasteiger partial charge in [-0.3, -0.25) is 4.72 Å². The maximum atomic E-state index is 13.2. The van der Waals surface area contributed by atoms with E-state index in [1.807, 2.05) is 0 Å². The molecule has 0 aliphatic carbocycles. The van der Waals surface area contributed by atoms with E-state index < -0.39 is 15.8 Å². The van der Waals surface area contributed by atoms with Crippen molar-refractivity contribution in [3.8, 4) is 0 Å². The Kier molecular flexibility index (Phi) is 4.88. The zero-order valence-corrected chi connectivity index (χ0v) is 13.8. The van der Waals surface area contributed by atoms with Crippen molar-refractivity contribution in [2.24, 2.45) is 5.73 Å². The third kappa shape index (κ3) is 3.74.